The van der Waals surface area contributed by atoms with Crippen LogP contribution in [-0.4, -0.2) is 16.9 Å². The Labute approximate surface area is 117 Å². The van der Waals surface area contributed by atoms with E-state index in [1.165, 1.54) is 5.56 Å². The van der Waals surface area contributed by atoms with Gasteiger partial charge in [-0.05, 0) is 18.9 Å². The van der Waals surface area contributed by atoms with Crippen LogP contribution in [0.15, 0.2) is 35.7 Å². The van der Waals surface area contributed by atoms with Gasteiger partial charge in [0.1, 0.15) is 5.01 Å². The molecular formula is C14H17ClN2S. The molecule has 0 radical (unpaired) electrons. The standard InChI is InChI=1S/C14H17ClN2S/c1-11-10-18-14(17-11)9-16-13(8-15)7-12-5-3-2-4-6-12/h2-6,10,13,16H,7-9H2,1H3. The zero-order chi connectivity index (χ0) is 12.8. The second-order valence-electron chi connectivity index (χ2n) is 4.30. The lowest BCUT2D eigenvalue weighted by molar-refractivity contribution is 0.548. The first-order valence-corrected chi connectivity index (χ1v) is 7.43. The number of aromatic nitrogens is 1. The molecule has 1 N–H and O–H groups in total. The molecule has 2 aromatic rings. The van der Waals surface area contributed by atoms with E-state index in [0.717, 1.165) is 23.7 Å². The average molecular weight is 281 g/mol. The maximum Gasteiger partial charge on any atom is 0.107 e. The molecule has 0 aliphatic rings. The number of aryl methyl sites for hydroxylation is 1. The van der Waals surface area contributed by atoms with Gasteiger partial charge in [-0.3, -0.25) is 0 Å². The molecule has 0 saturated heterocycles. The highest BCUT2D eigenvalue weighted by Crippen LogP contribution is 2.10. The van der Waals surface area contributed by atoms with E-state index in [2.05, 4.69) is 39.9 Å². The van der Waals surface area contributed by atoms with Crippen molar-refractivity contribution < 1.29 is 0 Å². The van der Waals surface area contributed by atoms with E-state index in [0.29, 0.717) is 11.9 Å². The van der Waals surface area contributed by atoms with Crippen molar-refractivity contribution in [3.63, 3.8) is 0 Å². The van der Waals surface area contributed by atoms with Crippen LogP contribution in [-0.2, 0) is 13.0 Å². The summed E-state index contributed by atoms with van der Waals surface area (Å²) in [6.07, 6.45) is 0.953. The maximum atomic E-state index is 6.01. The van der Waals surface area contributed by atoms with Crippen molar-refractivity contribution in [1.29, 1.82) is 0 Å². The third kappa shape index (κ3) is 4.09. The van der Waals surface area contributed by atoms with E-state index in [1.54, 1.807) is 11.3 Å². The zero-order valence-electron chi connectivity index (χ0n) is 10.4. The number of hydrogen-bond donors (Lipinski definition) is 1. The Bertz CT molecular complexity index is 470. The molecule has 2 rings (SSSR count). The highest BCUT2D eigenvalue weighted by atomic mass is 35.5. The first kappa shape index (κ1) is 13.5. The van der Waals surface area contributed by atoms with E-state index < -0.39 is 0 Å². The number of alkyl halides is 1. The number of benzene rings is 1. The van der Waals surface area contributed by atoms with Crippen molar-refractivity contribution in [3.8, 4) is 0 Å². The molecule has 1 aromatic heterocycles. The lowest BCUT2D eigenvalue weighted by Crippen LogP contribution is -2.32. The van der Waals surface area contributed by atoms with Gasteiger partial charge in [0.25, 0.3) is 0 Å². The van der Waals surface area contributed by atoms with Crippen LogP contribution in [0, 0.1) is 6.92 Å². The van der Waals surface area contributed by atoms with Crippen LogP contribution < -0.4 is 5.32 Å². The molecule has 0 spiro atoms. The van der Waals surface area contributed by atoms with Gasteiger partial charge in [-0.2, -0.15) is 0 Å². The van der Waals surface area contributed by atoms with Crippen LogP contribution in [0.25, 0.3) is 0 Å². The van der Waals surface area contributed by atoms with E-state index in [9.17, 15) is 0 Å². The van der Waals surface area contributed by atoms with Crippen LogP contribution in [0.2, 0.25) is 0 Å². The Balaban J connectivity index is 1.86. The second-order valence-corrected chi connectivity index (χ2v) is 5.56. The first-order valence-electron chi connectivity index (χ1n) is 6.02. The van der Waals surface area contributed by atoms with Gasteiger partial charge < -0.3 is 5.32 Å². The SMILES string of the molecule is Cc1csc(CNC(CCl)Cc2ccccc2)n1. The maximum absolute atomic E-state index is 6.01. The van der Waals surface area contributed by atoms with E-state index in [4.69, 9.17) is 11.6 Å². The third-order valence-corrected chi connectivity index (χ3v) is 4.06. The molecule has 0 saturated carbocycles. The largest absolute Gasteiger partial charge is 0.306 e. The fraction of sp³-hybridized carbons (Fsp3) is 0.357. The number of nitrogens with one attached hydrogen (secondary N) is 1. The molecule has 0 aliphatic heterocycles. The summed E-state index contributed by atoms with van der Waals surface area (Å²) in [6, 6.07) is 10.7. The lowest BCUT2D eigenvalue weighted by atomic mass is 10.1. The van der Waals surface area contributed by atoms with Gasteiger partial charge >= 0.3 is 0 Å². The number of nitrogens with zero attached hydrogens (tertiary/aromatic N) is 1. The summed E-state index contributed by atoms with van der Waals surface area (Å²) in [6.45, 7) is 2.81. The Morgan fingerprint density at radius 1 is 1.33 bits per heavy atom. The molecule has 1 heterocycles. The normalized spacial score (nSPS) is 12.6. The van der Waals surface area contributed by atoms with Crippen molar-refractivity contribution in [2.24, 2.45) is 0 Å². The van der Waals surface area contributed by atoms with Crippen LogP contribution in [0.4, 0.5) is 0 Å². The molecule has 4 heteroatoms. The monoisotopic (exact) mass is 280 g/mol. The van der Waals surface area contributed by atoms with E-state index >= 15 is 0 Å². The molecule has 1 atom stereocenters. The molecule has 96 valence electrons. The smallest absolute Gasteiger partial charge is 0.107 e. The van der Waals surface area contributed by atoms with Crippen LogP contribution >= 0.6 is 22.9 Å². The summed E-state index contributed by atoms with van der Waals surface area (Å²) >= 11 is 7.70. The molecule has 1 aromatic carbocycles. The van der Waals surface area contributed by atoms with Crippen molar-refractivity contribution in [2.45, 2.75) is 25.9 Å². The number of halogens is 1. The second kappa shape index (κ2) is 6.88. The molecule has 0 aliphatic carbocycles. The Morgan fingerprint density at radius 2 is 2.11 bits per heavy atom. The predicted molar refractivity (Wildman–Crippen MR) is 78.3 cm³/mol. The first-order chi connectivity index (χ1) is 8.78. The van der Waals surface area contributed by atoms with Gasteiger partial charge in [0.15, 0.2) is 0 Å². The summed E-state index contributed by atoms with van der Waals surface area (Å²) in [4.78, 5) is 4.44. The van der Waals surface area contributed by atoms with Crippen LogP contribution in [0.1, 0.15) is 16.3 Å². The summed E-state index contributed by atoms with van der Waals surface area (Å²) in [5.41, 5.74) is 2.40. The third-order valence-electron chi connectivity index (χ3n) is 2.72. The number of rotatable bonds is 6. The quantitative estimate of drug-likeness (QED) is 0.821. The van der Waals surface area contributed by atoms with Gasteiger partial charge in [-0.1, -0.05) is 30.3 Å². The van der Waals surface area contributed by atoms with Crippen molar-refractivity contribution >= 4 is 22.9 Å². The molecular weight excluding hydrogens is 264 g/mol. The highest BCUT2D eigenvalue weighted by Gasteiger charge is 2.08. The van der Waals surface area contributed by atoms with Gasteiger partial charge in [0, 0.05) is 29.5 Å². The molecule has 0 amide bonds. The van der Waals surface area contributed by atoms with Gasteiger partial charge in [0.05, 0.1) is 0 Å². The lowest BCUT2D eigenvalue weighted by Gasteiger charge is -2.15. The fourth-order valence-corrected chi connectivity index (χ4v) is 2.74. The van der Waals surface area contributed by atoms with Gasteiger partial charge in [-0.15, -0.1) is 22.9 Å². The minimum atomic E-state index is 0.290. The van der Waals surface area contributed by atoms with Crippen molar-refractivity contribution in [1.82, 2.24) is 10.3 Å². The summed E-state index contributed by atoms with van der Waals surface area (Å²) in [5, 5.41) is 6.66. The fourth-order valence-electron chi connectivity index (χ4n) is 1.80. The molecule has 1 unspecified atom stereocenters. The minimum Gasteiger partial charge on any atom is -0.306 e. The van der Waals surface area contributed by atoms with Gasteiger partial charge in [0.2, 0.25) is 0 Å². The minimum absolute atomic E-state index is 0.290. The predicted octanol–water partition coefficient (Wildman–Crippen LogP) is 3.39. The number of hydrogen-bond acceptors (Lipinski definition) is 3. The number of thiazole rings is 1. The average Bonchev–Trinajstić information content (AvgIpc) is 2.81. The highest BCUT2D eigenvalue weighted by molar-refractivity contribution is 7.09. The molecule has 0 bridgehead atoms. The van der Waals surface area contributed by atoms with E-state index in [1.807, 2.05) is 13.0 Å². The Morgan fingerprint density at radius 3 is 2.72 bits per heavy atom. The summed E-state index contributed by atoms with van der Waals surface area (Å²) < 4.78 is 0. The molecule has 0 fully saturated rings. The Hall–Kier alpha value is -0.900. The van der Waals surface area contributed by atoms with Crippen LogP contribution in [0.3, 0.4) is 0 Å². The van der Waals surface area contributed by atoms with Crippen LogP contribution in [0.5, 0.6) is 0 Å². The molecule has 2 nitrogen and oxygen atoms in total. The topological polar surface area (TPSA) is 24.9 Å². The Kier molecular flexibility index (Phi) is 5.17. The van der Waals surface area contributed by atoms with Gasteiger partial charge in [-0.25, -0.2) is 4.98 Å². The van der Waals surface area contributed by atoms with Crippen molar-refractivity contribution in [3.05, 3.63) is 52.0 Å². The summed E-state index contributed by atoms with van der Waals surface area (Å²) in [5.74, 6) is 0.610. The van der Waals surface area contributed by atoms with Crippen molar-refractivity contribution in [2.75, 3.05) is 5.88 Å². The zero-order valence-corrected chi connectivity index (χ0v) is 12.0. The summed E-state index contributed by atoms with van der Waals surface area (Å²) in [7, 11) is 0. The molecule has 18 heavy (non-hydrogen) atoms. The van der Waals surface area contributed by atoms with E-state index in [-0.39, 0.29) is 0 Å².